The predicted octanol–water partition coefficient (Wildman–Crippen LogP) is 4.05. The lowest BCUT2D eigenvalue weighted by molar-refractivity contribution is -0.136. The van der Waals surface area contributed by atoms with Crippen molar-refractivity contribution in [2.75, 3.05) is 7.05 Å². The highest BCUT2D eigenvalue weighted by molar-refractivity contribution is 5.78. The number of aryl methyl sites for hydroxylation is 1. The highest BCUT2D eigenvalue weighted by atomic mass is 16.2. The van der Waals surface area contributed by atoms with Crippen molar-refractivity contribution in [3.8, 4) is 0 Å². The molecule has 4 rings (SSSR count). The van der Waals surface area contributed by atoms with Crippen molar-refractivity contribution in [1.29, 1.82) is 0 Å². The lowest BCUT2D eigenvalue weighted by Gasteiger charge is -2.37. The molecule has 1 aliphatic heterocycles. The highest BCUT2D eigenvalue weighted by Crippen LogP contribution is 2.54. The minimum Gasteiger partial charge on any atom is -0.338 e. The maximum atomic E-state index is 12.2. The smallest absolute Gasteiger partial charge is 0.222 e. The SMILES string of the molecule is Cc1ccc(C2c3ccccc3C3C2CCC(=O)N3C)cc1. The Bertz CT molecular complexity index is 719. The molecule has 0 N–H and O–H groups in total. The van der Waals surface area contributed by atoms with E-state index in [0.717, 1.165) is 6.42 Å². The summed E-state index contributed by atoms with van der Waals surface area (Å²) in [5.74, 6) is 1.20. The lowest BCUT2D eigenvalue weighted by Crippen LogP contribution is -2.39. The number of hydrogen-bond donors (Lipinski definition) is 0. The Morgan fingerprint density at radius 2 is 1.68 bits per heavy atom. The van der Waals surface area contributed by atoms with Gasteiger partial charge in [0, 0.05) is 19.4 Å². The molecule has 0 spiro atoms. The summed E-state index contributed by atoms with van der Waals surface area (Å²) in [5, 5.41) is 0. The Morgan fingerprint density at radius 1 is 1.00 bits per heavy atom. The standard InChI is InChI=1S/C20H21NO/c1-13-7-9-14(10-8-13)19-15-5-3-4-6-16(15)20-17(19)11-12-18(22)21(20)2/h3-10,17,19-20H,11-12H2,1-2H3. The van der Waals surface area contributed by atoms with Crippen LogP contribution in [0.15, 0.2) is 48.5 Å². The van der Waals surface area contributed by atoms with Gasteiger partial charge in [0.05, 0.1) is 6.04 Å². The highest BCUT2D eigenvalue weighted by Gasteiger charge is 2.46. The lowest BCUT2D eigenvalue weighted by atomic mass is 9.79. The molecule has 0 radical (unpaired) electrons. The number of rotatable bonds is 1. The van der Waals surface area contributed by atoms with Gasteiger partial charge in [-0.15, -0.1) is 0 Å². The van der Waals surface area contributed by atoms with E-state index in [9.17, 15) is 4.79 Å². The molecular weight excluding hydrogens is 270 g/mol. The van der Waals surface area contributed by atoms with Gasteiger partial charge in [-0.25, -0.2) is 0 Å². The van der Waals surface area contributed by atoms with Crippen LogP contribution in [0, 0.1) is 12.8 Å². The molecule has 0 saturated carbocycles. The molecule has 22 heavy (non-hydrogen) atoms. The van der Waals surface area contributed by atoms with Crippen LogP contribution in [-0.4, -0.2) is 17.9 Å². The van der Waals surface area contributed by atoms with E-state index < -0.39 is 0 Å². The molecule has 2 heteroatoms. The third-order valence-corrected chi connectivity index (χ3v) is 5.42. The van der Waals surface area contributed by atoms with Crippen LogP contribution in [0.3, 0.4) is 0 Å². The van der Waals surface area contributed by atoms with Crippen molar-refractivity contribution in [3.05, 3.63) is 70.8 Å². The molecule has 1 aliphatic carbocycles. The number of carbonyl (C=O) groups is 1. The number of fused-ring (bicyclic) bond motifs is 3. The summed E-state index contributed by atoms with van der Waals surface area (Å²) in [4.78, 5) is 14.1. The second kappa shape index (κ2) is 4.98. The number of carbonyl (C=O) groups excluding carboxylic acids is 1. The van der Waals surface area contributed by atoms with Crippen molar-refractivity contribution in [2.45, 2.75) is 31.7 Å². The fourth-order valence-electron chi connectivity index (χ4n) is 4.35. The fraction of sp³-hybridized carbons (Fsp3) is 0.350. The Labute approximate surface area is 131 Å². The summed E-state index contributed by atoms with van der Waals surface area (Å²) in [6, 6.07) is 17.8. The van der Waals surface area contributed by atoms with Gasteiger partial charge in [0.2, 0.25) is 5.91 Å². The van der Waals surface area contributed by atoms with E-state index >= 15 is 0 Å². The van der Waals surface area contributed by atoms with Crippen LogP contribution < -0.4 is 0 Å². The van der Waals surface area contributed by atoms with E-state index in [1.165, 1.54) is 22.3 Å². The van der Waals surface area contributed by atoms with E-state index in [1.807, 2.05) is 11.9 Å². The molecule has 2 aliphatic rings. The number of likely N-dealkylation sites (tertiary alicyclic amines) is 1. The maximum Gasteiger partial charge on any atom is 0.222 e. The molecule has 0 bridgehead atoms. The first-order valence-corrected chi connectivity index (χ1v) is 8.08. The monoisotopic (exact) mass is 291 g/mol. The fourth-order valence-corrected chi connectivity index (χ4v) is 4.35. The van der Waals surface area contributed by atoms with Crippen LogP contribution >= 0.6 is 0 Å². The number of amides is 1. The number of hydrogen-bond acceptors (Lipinski definition) is 1. The average Bonchev–Trinajstić information content (AvgIpc) is 2.87. The summed E-state index contributed by atoms with van der Waals surface area (Å²) in [6.07, 6.45) is 1.66. The quantitative estimate of drug-likeness (QED) is 0.776. The zero-order valence-corrected chi connectivity index (χ0v) is 13.1. The molecule has 3 unspecified atom stereocenters. The Hall–Kier alpha value is -2.09. The summed E-state index contributed by atoms with van der Waals surface area (Å²) in [6.45, 7) is 2.13. The number of piperidine rings is 1. The summed E-state index contributed by atoms with van der Waals surface area (Å²) >= 11 is 0. The topological polar surface area (TPSA) is 20.3 Å². The average molecular weight is 291 g/mol. The van der Waals surface area contributed by atoms with Gasteiger partial charge in [-0.2, -0.15) is 0 Å². The summed E-state index contributed by atoms with van der Waals surface area (Å²) in [7, 11) is 1.97. The van der Waals surface area contributed by atoms with Crippen LogP contribution in [0.2, 0.25) is 0 Å². The minimum atomic E-state index is 0.240. The van der Waals surface area contributed by atoms with E-state index in [1.54, 1.807) is 0 Å². The number of nitrogens with zero attached hydrogens (tertiary/aromatic N) is 1. The predicted molar refractivity (Wildman–Crippen MR) is 87.7 cm³/mol. The van der Waals surface area contributed by atoms with E-state index in [0.29, 0.717) is 18.3 Å². The molecule has 0 aromatic heterocycles. The second-order valence-electron chi connectivity index (χ2n) is 6.67. The van der Waals surface area contributed by atoms with Gasteiger partial charge < -0.3 is 4.90 Å². The van der Waals surface area contributed by atoms with Crippen LogP contribution in [0.4, 0.5) is 0 Å². The minimum absolute atomic E-state index is 0.240. The first-order chi connectivity index (χ1) is 10.7. The normalized spacial score (nSPS) is 26.7. The van der Waals surface area contributed by atoms with Crippen molar-refractivity contribution in [1.82, 2.24) is 4.90 Å². The van der Waals surface area contributed by atoms with Crippen LogP contribution in [0.1, 0.15) is 47.1 Å². The van der Waals surface area contributed by atoms with Crippen molar-refractivity contribution in [3.63, 3.8) is 0 Å². The zero-order chi connectivity index (χ0) is 15.3. The molecule has 2 aromatic carbocycles. The maximum absolute atomic E-state index is 12.2. The molecule has 1 saturated heterocycles. The molecule has 1 fully saturated rings. The third kappa shape index (κ3) is 1.90. The molecule has 1 amide bonds. The molecule has 3 atom stereocenters. The molecular formula is C20H21NO. The molecule has 2 nitrogen and oxygen atoms in total. The molecule has 2 aromatic rings. The van der Waals surface area contributed by atoms with Gasteiger partial charge in [0.15, 0.2) is 0 Å². The van der Waals surface area contributed by atoms with Gasteiger partial charge in [-0.1, -0.05) is 54.1 Å². The van der Waals surface area contributed by atoms with Crippen molar-refractivity contribution < 1.29 is 4.79 Å². The zero-order valence-electron chi connectivity index (χ0n) is 13.1. The van der Waals surface area contributed by atoms with Gasteiger partial charge >= 0.3 is 0 Å². The summed E-state index contributed by atoms with van der Waals surface area (Å²) in [5.41, 5.74) is 5.42. The third-order valence-electron chi connectivity index (χ3n) is 5.42. The van der Waals surface area contributed by atoms with Gasteiger partial charge in [0.1, 0.15) is 0 Å². The van der Waals surface area contributed by atoms with Crippen molar-refractivity contribution >= 4 is 5.91 Å². The van der Waals surface area contributed by atoms with Crippen LogP contribution in [0.5, 0.6) is 0 Å². The van der Waals surface area contributed by atoms with E-state index in [-0.39, 0.29) is 11.9 Å². The van der Waals surface area contributed by atoms with E-state index in [4.69, 9.17) is 0 Å². The van der Waals surface area contributed by atoms with E-state index in [2.05, 4.69) is 55.5 Å². The second-order valence-corrected chi connectivity index (χ2v) is 6.67. The van der Waals surface area contributed by atoms with Crippen LogP contribution in [0.25, 0.3) is 0 Å². The Morgan fingerprint density at radius 3 is 2.41 bits per heavy atom. The summed E-state index contributed by atoms with van der Waals surface area (Å²) < 4.78 is 0. The van der Waals surface area contributed by atoms with Gasteiger partial charge in [-0.3, -0.25) is 4.79 Å². The molecule has 112 valence electrons. The Balaban J connectivity index is 1.85. The van der Waals surface area contributed by atoms with Gasteiger partial charge in [-0.05, 0) is 36.0 Å². The Kier molecular flexibility index (Phi) is 3.07. The first kappa shape index (κ1) is 13.6. The molecule has 1 heterocycles. The first-order valence-electron chi connectivity index (χ1n) is 8.08. The van der Waals surface area contributed by atoms with Crippen LogP contribution in [-0.2, 0) is 4.79 Å². The number of benzene rings is 2. The van der Waals surface area contributed by atoms with Crippen molar-refractivity contribution in [2.24, 2.45) is 5.92 Å². The van der Waals surface area contributed by atoms with Gasteiger partial charge in [0.25, 0.3) is 0 Å². The largest absolute Gasteiger partial charge is 0.338 e.